The van der Waals surface area contributed by atoms with Gasteiger partial charge >= 0.3 is 0 Å². The molecule has 0 aliphatic rings. The molecule has 0 aliphatic heterocycles. The fraction of sp³-hybridized carbons (Fsp3) is 0.150. The van der Waals surface area contributed by atoms with Gasteiger partial charge in [-0.2, -0.15) is 0 Å². The van der Waals surface area contributed by atoms with Crippen LogP contribution in [0.5, 0.6) is 11.5 Å². The third kappa shape index (κ3) is 4.72. The van der Waals surface area contributed by atoms with Gasteiger partial charge in [-0.25, -0.2) is 0 Å². The van der Waals surface area contributed by atoms with E-state index in [0.29, 0.717) is 23.7 Å². The van der Waals surface area contributed by atoms with Crippen molar-refractivity contribution < 1.29 is 14.3 Å². The summed E-state index contributed by atoms with van der Waals surface area (Å²) in [5.41, 5.74) is 2.71. The van der Waals surface area contributed by atoms with E-state index in [1.54, 1.807) is 51.0 Å². The molecule has 1 aromatic carbocycles. The van der Waals surface area contributed by atoms with Crippen LogP contribution in [0.1, 0.15) is 16.1 Å². The highest BCUT2D eigenvalue weighted by atomic mass is 16.5. The number of rotatable bonds is 7. The average Bonchev–Trinajstić information content (AvgIpc) is 2.73. The van der Waals surface area contributed by atoms with Crippen molar-refractivity contribution in [1.82, 2.24) is 15.3 Å². The van der Waals surface area contributed by atoms with Crippen LogP contribution >= 0.6 is 0 Å². The minimum Gasteiger partial charge on any atom is -0.497 e. The summed E-state index contributed by atoms with van der Waals surface area (Å²) in [6, 6.07) is 12.6. The van der Waals surface area contributed by atoms with Gasteiger partial charge in [0.05, 0.1) is 19.9 Å². The van der Waals surface area contributed by atoms with Crippen molar-refractivity contribution in [3.05, 3.63) is 72.3 Å². The van der Waals surface area contributed by atoms with E-state index >= 15 is 0 Å². The van der Waals surface area contributed by atoms with Crippen molar-refractivity contribution in [2.45, 2.75) is 6.54 Å². The SMILES string of the molecule is COc1ccc(Nc2ccnc(C(=O)NCc3cccnc3)c2)c(OC)c1. The maximum Gasteiger partial charge on any atom is 0.270 e. The van der Waals surface area contributed by atoms with E-state index in [2.05, 4.69) is 20.6 Å². The van der Waals surface area contributed by atoms with Crippen LogP contribution in [0.2, 0.25) is 0 Å². The van der Waals surface area contributed by atoms with Gasteiger partial charge in [0.25, 0.3) is 5.91 Å². The van der Waals surface area contributed by atoms with Gasteiger partial charge in [0, 0.05) is 36.9 Å². The Bertz CT molecular complexity index is 916. The topological polar surface area (TPSA) is 85.4 Å². The van der Waals surface area contributed by atoms with Crippen LogP contribution in [0.25, 0.3) is 0 Å². The van der Waals surface area contributed by atoms with Gasteiger partial charge in [0.2, 0.25) is 0 Å². The molecule has 0 spiro atoms. The van der Waals surface area contributed by atoms with Gasteiger partial charge < -0.3 is 20.1 Å². The molecule has 2 aromatic heterocycles. The lowest BCUT2D eigenvalue weighted by Gasteiger charge is -2.13. The number of carbonyl (C=O) groups is 1. The molecular formula is C20H20N4O3. The monoisotopic (exact) mass is 364 g/mol. The number of anilines is 2. The highest BCUT2D eigenvalue weighted by Gasteiger charge is 2.10. The van der Waals surface area contributed by atoms with Crippen LogP contribution in [0, 0.1) is 0 Å². The minimum atomic E-state index is -0.260. The third-order valence-corrected chi connectivity index (χ3v) is 3.86. The molecule has 0 radical (unpaired) electrons. The number of carbonyl (C=O) groups excluding carboxylic acids is 1. The molecule has 27 heavy (non-hydrogen) atoms. The molecule has 0 bridgehead atoms. The first kappa shape index (κ1) is 18.2. The Morgan fingerprint density at radius 3 is 2.70 bits per heavy atom. The van der Waals surface area contributed by atoms with Gasteiger partial charge in [-0.15, -0.1) is 0 Å². The number of pyridine rings is 2. The lowest BCUT2D eigenvalue weighted by atomic mass is 10.2. The summed E-state index contributed by atoms with van der Waals surface area (Å²) in [7, 11) is 3.19. The molecule has 0 saturated carbocycles. The molecule has 0 unspecified atom stereocenters. The van der Waals surface area contributed by atoms with Crippen LogP contribution in [0.3, 0.4) is 0 Å². The number of methoxy groups -OCH3 is 2. The third-order valence-electron chi connectivity index (χ3n) is 3.86. The lowest BCUT2D eigenvalue weighted by Crippen LogP contribution is -2.23. The standard InChI is InChI=1S/C20H20N4O3/c1-26-16-5-6-17(19(11-16)27-2)24-15-7-9-22-18(10-15)20(25)23-13-14-4-3-8-21-12-14/h3-12H,13H2,1-2H3,(H,22,24)(H,23,25). The number of amides is 1. The second-order valence-electron chi connectivity index (χ2n) is 5.66. The van der Waals surface area contributed by atoms with Crippen LogP contribution in [0.15, 0.2) is 61.1 Å². The number of aromatic nitrogens is 2. The van der Waals surface area contributed by atoms with Gasteiger partial charge in [-0.05, 0) is 35.9 Å². The summed E-state index contributed by atoms with van der Waals surface area (Å²) >= 11 is 0. The molecule has 3 aromatic rings. The van der Waals surface area contributed by atoms with Crippen molar-refractivity contribution in [3.8, 4) is 11.5 Å². The molecule has 0 aliphatic carbocycles. The Morgan fingerprint density at radius 2 is 1.96 bits per heavy atom. The van der Waals surface area contributed by atoms with E-state index < -0.39 is 0 Å². The van der Waals surface area contributed by atoms with Crippen molar-refractivity contribution in [1.29, 1.82) is 0 Å². The van der Waals surface area contributed by atoms with Crippen LogP contribution in [-0.4, -0.2) is 30.1 Å². The van der Waals surface area contributed by atoms with E-state index in [0.717, 1.165) is 16.9 Å². The van der Waals surface area contributed by atoms with E-state index in [-0.39, 0.29) is 5.91 Å². The second-order valence-corrected chi connectivity index (χ2v) is 5.66. The molecule has 0 saturated heterocycles. The molecule has 2 heterocycles. The predicted molar refractivity (Wildman–Crippen MR) is 102 cm³/mol. The van der Waals surface area contributed by atoms with E-state index in [1.165, 1.54) is 0 Å². The first-order valence-corrected chi connectivity index (χ1v) is 8.32. The fourth-order valence-electron chi connectivity index (χ4n) is 2.47. The number of benzene rings is 1. The molecular weight excluding hydrogens is 344 g/mol. The summed E-state index contributed by atoms with van der Waals surface area (Å²) in [5, 5.41) is 6.07. The molecule has 3 rings (SSSR count). The quantitative estimate of drug-likeness (QED) is 0.670. The minimum absolute atomic E-state index is 0.260. The van der Waals surface area contributed by atoms with Crippen LogP contribution in [-0.2, 0) is 6.54 Å². The van der Waals surface area contributed by atoms with Crippen molar-refractivity contribution in [2.75, 3.05) is 19.5 Å². The van der Waals surface area contributed by atoms with Crippen molar-refractivity contribution in [2.24, 2.45) is 0 Å². The van der Waals surface area contributed by atoms with E-state index in [4.69, 9.17) is 9.47 Å². The summed E-state index contributed by atoms with van der Waals surface area (Å²) < 4.78 is 10.6. The highest BCUT2D eigenvalue weighted by Crippen LogP contribution is 2.31. The van der Waals surface area contributed by atoms with Crippen LogP contribution in [0.4, 0.5) is 11.4 Å². The first-order chi connectivity index (χ1) is 13.2. The number of ether oxygens (including phenoxy) is 2. The molecule has 138 valence electrons. The molecule has 1 amide bonds. The molecule has 7 nitrogen and oxygen atoms in total. The fourth-order valence-corrected chi connectivity index (χ4v) is 2.47. The first-order valence-electron chi connectivity index (χ1n) is 8.32. The molecule has 0 fully saturated rings. The predicted octanol–water partition coefficient (Wildman–Crippen LogP) is 3.17. The summed E-state index contributed by atoms with van der Waals surface area (Å²) in [5.74, 6) is 1.07. The number of hydrogen-bond donors (Lipinski definition) is 2. The molecule has 0 atom stereocenters. The van der Waals surface area contributed by atoms with Gasteiger partial charge in [-0.3, -0.25) is 14.8 Å². The maximum absolute atomic E-state index is 12.4. The largest absolute Gasteiger partial charge is 0.497 e. The van der Waals surface area contributed by atoms with Crippen molar-refractivity contribution >= 4 is 17.3 Å². The Hall–Kier alpha value is -3.61. The molecule has 2 N–H and O–H groups in total. The Labute approximate surface area is 157 Å². The number of hydrogen-bond acceptors (Lipinski definition) is 6. The zero-order chi connectivity index (χ0) is 19.1. The smallest absolute Gasteiger partial charge is 0.270 e. The second kappa shape index (κ2) is 8.66. The summed E-state index contributed by atoms with van der Waals surface area (Å²) in [6.45, 7) is 0.387. The van der Waals surface area contributed by atoms with Gasteiger partial charge in [0.1, 0.15) is 17.2 Å². The lowest BCUT2D eigenvalue weighted by molar-refractivity contribution is 0.0946. The number of nitrogens with one attached hydrogen (secondary N) is 2. The normalized spacial score (nSPS) is 10.1. The number of nitrogens with zero attached hydrogens (tertiary/aromatic N) is 2. The van der Waals surface area contributed by atoms with E-state index in [1.807, 2.05) is 24.3 Å². The maximum atomic E-state index is 12.4. The van der Waals surface area contributed by atoms with Crippen molar-refractivity contribution in [3.63, 3.8) is 0 Å². The Balaban J connectivity index is 1.71. The van der Waals surface area contributed by atoms with Gasteiger partial charge in [-0.1, -0.05) is 6.07 Å². The zero-order valence-corrected chi connectivity index (χ0v) is 15.1. The van der Waals surface area contributed by atoms with Crippen LogP contribution < -0.4 is 20.1 Å². The highest BCUT2D eigenvalue weighted by molar-refractivity contribution is 5.93. The Kier molecular flexibility index (Phi) is 5.84. The molecule has 7 heteroatoms. The van der Waals surface area contributed by atoms with Gasteiger partial charge in [0.15, 0.2) is 0 Å². The summed E-state index contributed by atoms with van der Waals surface area (Å²) in [4.78, 5) is 20.5. The Morgan fingerprint density at radius 1 is 1.07 bits per heavy atom. The van der Waals surface area contributed by atoms with E-state index in [9.17, 15) is 4.79 Å². The summed E-state index contributed by atoms with van der Waals surface area (Å²) in [6.07, 6.45) is 4.98. The average molecular weight is 364 g/mol. The zero-order valence-electron chi connectivity index (χ0n) is 15.1.